The van der Waals surface area contributed by atoms with Gasteiger partial charge in [0.1, 0.15) is 4.84 Å². The Morgan fingerprint density at radius 2 is 1.77 bits per heavy atom. The summed E-state index contributed by atoms with van der Waals surface area (Å²) in [7, 11) is 0. The predicted octanol–water partition coefficient (Wildman–Crippen LogP) is 4.33. The van der Waals surface area contributed by atoms with E-state index < -0.39 is 9.71 Å². The van der Waals surface area contributed by atoms with Gasteiger partial charge in [-0.25, -0.2) is 0 Å². The molecule has 0 heterocycles. The lowest BCUT2D eigenvalue weighted by Crippen LogP contribution is -2.16. The van der Waals surface area contributed by atoms with Crippen LogP contribution in [-0.2, 0) is 4.87 Å². The van der Waals surface area contributed by atoms with E-state index in [9.17, 15) is 0 Å². The second kappa shape index (κ2) is 4.54. The minimum absolute atomic E-state index is 0.428. The van der Waals surface area contributed by atoms with Crippen molar-refractivity contribution in [1.29, 1.82) is 0 Å². The summed E-state index contributed by atoms with van der Waals surface area (Å²) in [5.74, 6) is 0. The van der Waals surface area contributed by atoms with E-state index in [1.54, 1.807) is 0 Å². The van der Waals surface area contributed by atoms with Crippen LogP contribution in [0.4, 0.5) is 0 Å². The fraction of sp³-hybridized carbons (Fsp3) is 0.400. The second-order valence-electron chi connectivity index (χ2n) is 3.16. The summed E-state index contributed by atoms with van der Waals surface area (Å²) in [6.07, 6.45) is 0.543. The first kappa shape index (κ1) is 11.2. The summed E-state index contributed by atoms with van der Waals surface area (Å²) in [5, 5.41) is 0. The minimum atomic E-state index is -0.477. The first-order valence-electron chi connectivity index (χ1n) is 4.05. The molecule has 0 aromatic heterocycles. The molecule has 0 aliphatic rings. The molecule has 0 nitrogen and oxygen atoms in total. The van der Waals surface area contributed by atoms with E-state index in [0.717, 1.165) is 5.56 Å². The van der Waals surface area contributed by atoms with E-state index in [0.29, 0.717) is 6.42 Å². The topological polar surface area (TPSA) is 0 Å². The van der Waals surface area contributed by atoms with Crippen molar-refractivity contribution in [3.63, 3.8) is 0 Å². The highest BCUT2D eigenvalue weighted by atomic mass is 35.5. The smallest absolute Gasteiger partial charge is 0.109 e. The van der Waals surface area contributed by atoms with Crippen molar-refractivity contribution < 1.29 is 0 Å². The van der Waals surface area contributed by atoms with Crippen LogP contribution in [0, 0.1) is 0 Å². The van der Waals surface area contributed by atoms with Crippen LogP contribution in [0.2, 0.25) is 0 Å². The molecule has 0 fully saturated rings. The van der Waals surface area contributed by atoms with Crippen LogP contribution in [0.3, 0.4) is 0 Å². The van der Waals surface area contributed by atoms with Gasteiger partial charge in [0, 0.05) is 6.42 Å². The second-order valence-corrected chi connectivity index (χ2v) is 5.27. The Kier molecular flexibility index (Phi) is 3.90. The molecule has 1 atom stereocenters. The van der Waals surface area contributed by atoms with Crippen LogP contribution in [0.15, 0.2) is 30.3 Å². The lowest BCUT2D eigenvalue weighted by molar-refractivity contribution is 0.638. The standard InChI is InChI=1S/C10H11Cl3/c1-10(13,7-9(11)12)8-5-3-2-4-6-8/h2-6,9H,7H2,1H3. The van der Waals surface area contributed by atoms with Gasteiger partial charge in [0.25, 0.3) is 0 Å². The largest absolute Gasteiger partial charge is 0.114 e. The molecule has 0 saturated heterocycles. The van der Waals surface area contributed by atoms with Crippen molar-refractivity contribution in [2.75, 3.05) is 0 Å². The number of rotatable bonds is 3. The van der Waals surface area contributed by atoms with Gasteiger partial charge in [-0.2, -0.15) is 0 Å². The molecular formula is C10H11Cl3. The molecule has 0 aliphatic heterocycles. The van der Waals surface area contributed by atoms with Gasteiger partial charge in [-0.1, -0.05) is 30.3 Å². The zero-order valence-corrected chi connectivity index (χ0v) is 9.57. The molecule has 0 saturated carbocycles. The zero-order valence-electron chi connectivity index (χ0n) is 7.31. The molecule has 1 rings (SSSR count). The SMILES string of the molecule is CC(Cl)(CC(Cl)Cl)c1ccccc1. The maximum absolute atomic E-state index is 6.29. The highest BCUT2D eigenvalue weighted by Gasteiger charge is 2.25. The summed E-state index contributed by atoms with van der Waals surface area (Å²) in [5.41, 5.74) is 1.04. The maximum atomic E-state index is 6.29. The summed E-state index contributed by atoms with van der Waals surface area (Å²) in [6, 6.07) is 9.81. The van der Waals surface area contributed by atoms with E-state index in [1.165, 1.54) is 0 Å². The van der Waals surface area contributed by atoms with Crippen molar-refractivity contribution >= 4 is 34.8 Å². The average molecular weight is 238 g/mol. The van der Waals surface area contributed by atoms with E-state index in [2.05, 4.69) is 0 Å². The Hall–Kier alpha value is 0.0900. The third kappa shape index (κ3) is 3.38. The normalized spacial score (nSPS) is 15.8. The minimum Gasteiger partial charge on any atom is -0.114 e. The Morgan fingerprint density at radius 3 is 2.23 bits per heavy atom. The molecule has 3 heteroatoms. The summed E-state index contributed by atoms with van der Waals surface area (Å²) < 4.78 is 0. The fourth-order valence-electron chi connectivity index (χ4n) is 1.19. The molecule has 0 bridgehead atoms. The first-order chi connectivity index (χ1) is 6.02. The molecule has 13 heavy (non-hydrogen) atoms. The molecule has 0 N–H and O–H groups in total. The summed E-state index contributed by atoms with van der Waals surface area (Å²) in [4.78, 5) is -0.905. The van der Waals surface area contributed by atoms with Crippen LogP contribution in [0.1, 0.15) is 18.9 Å². The van der Waals surface area contributed by atoms with Gasteiger partial charge in [-0.15, -0.1) is 34.8 Å². The van der Waals surface area contributed by atoms with Gasteiger partial charge in [0.2, 0.25) is 0 Å². The molecule has 0 amide bonds. The van der Waals surface area contributed by atoms with E-state index >= 15 is 0 Å². The molecule has 72 valence electrons. The predicted molar refractivity (Wildman–Crippen MR) is 59.8 cm³/mol. The van der Waals surface area contributed by atoms with Crippen LogP contribution in [0.5, 0.6) is 0 Å². The van der Waals surface area contributed by atoms with Crippen LogP contribution in [-0.4, -0.2) is 4.84 Å². The molecule has 1 aromatic carbocycles. The quantitative estimate of drug-likeness (QED) is 0.686. The van der Waals surface area contributed by atoms with Gasteiger partial charge in [0.05, 0.1) is 4.87 Å². The van der Waals surface area contributed by atoms with Crippen molar-refractivity contribution in [2.24, 2.45) is 0 Å². The van der Waals surface area contributed by atoms with E-state index in [4.69, 9.17) is 34.8 Å². The van der Waals surface area contributed by atoms with Crippen molar-refractivity contribution in [2.45, 2.75) is 23.1 Å². The van der Waals surface area contributed by atoms with Gasteiger partial charge in [-0.3, -0.25) is 0 Å². The molecule has 0 aliphatic carbocycles. The molecule has 0 spiro atoms. The fourth-order valence-corrected chi connectivity index (χ4v) is 2.25. The Balaban J connectivity index is 2.81. The number of hydrogen-bond donors (Lipinski definition) is 0. The van der Waals surface area contributed by atoms with Gasteiger partial charge < -0.3 is 0 Å². The third-order valence-corrected chi connectivity index (χ3v) is 2.59. The number of alkyl halides is 3. The number of benzene rings is 1. The molecular weight excluding hydrogens is 226 g/mol. The van der Waals surface area contributed by atoms with E-state index in [1.807, 2.05) is 37.3 Å². The van der Waals surface area contributed by atoms with Crippen LogP contribution in [0.25, 0.3) is 0 Å². The van der Waals surface area contributed by atoms with Gasteiger partial charge >= 0.3 is 0 Å². The van der Waals surface area contributed by atoms with Gasteiger partial charge in [-0.05, 0) is 12.5 Å². The van der Waals surface area contributed by atoms with E-state index in [-0.39, 0.29) is 0 Å². The number of halogens is 3. The molecule has 1 aromatic rings. The average Bonchev–Trinajstić information content (AvgIpc) is 2.04. The van der Waals surface area contributed by atoms with Crippen molar-refractivity contribution in [3.05, 3.63) is 35.9 Å². The van der Waals surface area contributed by atoms with Crippen molar-refractivity contribution in [3.8, 4) is 0 Å². The highest BCUT2D eigenvalue weighted by Crippen LogP contribution is 2.35. The molecule has 1 unspecified atom stereocenters. The Bertz CT molecular complexity index is 254. The summed E-state index contributed by atoms with van der Waals surface area (Å²) >= 11 is 17.7. The molecule has 0 radical (unpaired) electrons. The van der Waals surface area contributed by atoms with Crippen molar-refractivity contribution in [1.82, 2.24) is 0 Å². The highest BCUT2D eigenvalue weighted by molar-refractivity contribution is 6.44. The zero-order chi connectivity index (χ0) is 9.90. The third-order valence-electron chi connectivity index (χ3n) is 1.91. The lowest BCUT2D eigenvalue weighted by atomic mass is 9.98. The first-order valence-corrected chi connectivity index (χ1v) is 5.30. The lowest BCUT2D eigenvalue weighted by Gasteiger charge is -2.22. The Labute approximate surface area is 93.8 Å². The monoisotopic (exact) mass is 236 g/mol. The summed E-state index contributed by atoms with van der Waals surface area (Å²) in [6.45, 7) is 1.92. The van der Waals surface area contributed by atoms with Gasteiger partial charge in [0.15, 0.2) is 0 Å². The Morgan fingerprint density at radius 1 is 1.23 bits per heavy atom. The maximum Gasteiger partial charge on any atom is 0.109 e. The van der Waals surface area contributed by atoms with Crippen LogP contribution < -0.4 is 0 Å². The van der Waals surface area contributed by atoms with Crippen LogP contribution >= 0.6 is 34.8 Å². The number of hydrogen-bond acceptors (Lipinski definition) is 0.